The van der Waals surface area contributed by atoms with E-state index in [1.165, 1.54) is 10.9 Å². The summed E-state index contributed by atoms with van der Waals surface area (Å²) < 4.78 is 5.61. The number of hydrogen-bond acceptors (Lipinski definition) is 4. The van der Waals surface area contributed by atoms with E-state index < -0.39 is 0 Å². The highest BCUT2D eigenvalue weighted by Crippen LogP contribution is 2.26. The zero-order valence-corrected chi connectivity index (χ0v) is 13.0. The van der Waals surface area contributed by atoms with Gasteiger partial charge in [-0.2, -0.15) is 0 Å². The highest BCUT2D eigenvalue weighted by atomic mass is 16.5. The third-order valence-electron chi connectivity index (χ3n) is 4.22. The highest BCUT2D eigenvalue weighted by molar-refractivity contribution is 5.81. The molecule has 0 bridgehead atoms. The van der Waals surface area contributed by atoms with Gasteiger partial charge in [-0.1, -0.05) is 18.2 Å². The number of fused-ring (bicyclic) bond motifs is 1. The van der Waals surface area contributed by atoms with Crippen molar-refractivity contribution < 1.29 is 4.74 Å². The first-order chi connectivity index (χ1) is 10.1. The smallest absolute Gasteiger partial charge is 0.130 e. The number of rotatable bonds is 3. The van der Waals surface area contributed by atoms with Gasteiger partial charge < -0.3 is 10.1 Å². The second-order valence-electron chi connectivity index (χ2n) is 6.23. The Bertz CT molecular complexity index is 639. The largest absolute Gasteiger partial charge is 0.378 e. The lowest BCUT2D eigenvalue weighted by Gasteiger charge is -2.42. The van der Waals surface area contributed by atoms with Crippen molar-refractivity contribution in [3.05, 3.63) is 35.9 Å². The summed E-state index contributed by atoms with van der Waals surface area (Å²) in [6.07, 6.45) is 0. The Morgan fingerprint density at radius 2 is 2.14 bits per heavy atom. The predicted molar refractivity (Wildman–Crippen MR) is 86.6 cm³/mol. The molecule has 4 heteroatoms. The molecule has 2 aromatic rings. The SMILES string of the molecule is CNc1nc2ccccc2cc1CN1CCOCC1(C)C. The van der Waals surface area contributed by atoms with E-state index in [2.05, 4.69) is 48.3 Å². The van der Waals surface area contributed by atoms with E-state index in [0.29, 0.717) is 0 Å². The second-order valence-corrected chi connectivity index (χ2v) is 6.23. The zero-order chi connectivity index (χ0) is 14.9. The van der Waals surface area contributed by atoms with Crippen LogP contribution in [0.25, 0.3) is 10.9 Å². The van der Waals surface area contributed by atoms with Gasteiger partial charge in [0.15, 0.2) is 0 Å². The van der Waals surface area contributed by atoms with Crippen LogP contribution in [0.1, 0.15) is 19.4 Å². The molecule has 0 unspecified atom stereocenters. The Morgan fingerprint density at radius 3 is 2.90 bits per heavy atom. The fourth-order valence-electron chi connectivity index (χ4n) is 2.89. The Labute approximate surface area is 126 Å². The summed E-state index contributed by atoms with van der Waals surface area (Å²) in [7, 11) is 1.94. The van der Waals surface area contributed by atoms with Crippen molar-refractivity contribution in [2.75, 3.05) is 32.1 Å². The van der Waals surface area contributed by atoms with E-state index in [4.69, 9.17) is 9.72 Å². The van der Waals surface area contributed by atoms with Gasteiger partial charge in [-0.3, -0.25) is 4.90 Å². The van der Waals surface area contributed by atoms with Crippen LogP contribution in [0.3, 0.4) is 0 Å². The standard InChI is InChI=1S/C17H23N3O/c1-17(2)12-21-9-8-20(17)11-14-10-13-6-4-5-7-15(13)19-16(14)18-3/h4-7,10H,8-9,11-12H2,1-3H3,(H,18,19). The van der Waals surface area contributed by atoms with Gasteiger partial charge in [0.25, 0.3) is 0 Å². The number of benzene rings is 1. The minimum absolute atomic E-state index is 0.0644. The second kappa shape index (κ2) is 5.62. The molecule has 0 radical (unpaired) electrons. The van der Waals surface area contributed by atoms with Crippen LogP contribution < -0.4 is 5.32 Å². The molecule has 1 fully saturated rings. The molecule has 1 aromatic heterocycles. The number of aromatic nitrogens is 1. The molecule has 1 aliphatic rings. The molecule has 0 saturated carbocycles. The molecule has 21 heavy (non-hydrogen) atoms. The monoisotopic (exact) mass is 285 g/mol. The molecular weight excluding hydrogens is 262 g/mol. The van der Waals surface area contributed by atoms with Gasteiger partial charge in [0, 0.05) is 36.6 Å². The van der Waals surface area contributed by atoms with Crippen LogP contribution in [0, 0.1) is 0 Å². The molecule has 1 aliphatic heterocycles. The van der Waals surface area contributed by atoms with Gasteiger partial charge >= 0.3 is 0 Å². The normalized spacial score (nSPS) is 18.8. The molecule has 1 saturated heterocycles. The van der Waals surface area contributed by atoms with Gasteiger partial charge in [0.05, 0.1) is 18.7 Å². The first-order valence-electron chi connectivity index (χ1n) is 7.49. The first kappa shape index (κ1) is 14.3. The molecule has 3 rings (SSSR count). The lowest BCUT2D eigenvalue weighted by atomic mass is 10.0. The maximum Gasteiger partial charge on any atom is 0.130 e. The molecule has 0 atom stereocenters. The Balaban J connectivity index is 1.95. The number of nitrogens with zero attached hydrogens (tertiary/aromatic N) is 2. The number of morpholine rings is 1. The van der Waals surface area contributed by atoms with E-state index in [-0.39, 0.29) is 5.54 Å². The van der Waals surface area contributed by atoms with Crippen molar-refractivity contribution >= 4 is 16.7 Å². The fourth-order valence-corrected chi connectivity index (χ4v) is 2.89. The Hall–Kier alpha value is -1.65. The third kappa shape index (κ3) is 2.87. The lowest BCUT2D eigenvalue weighted by Crippen LogP contribution is -2.52. The van der Waals surface area contributed by atoms with Crippen LogP contribution in [-0.4, -0.2) is 42.2 Å². The summed E-state index contributed by atoms with van der Waals surface area (Å²) in [6.45, 7) is 7.91. The lowest BCUT2D eigenvalue weighted by molar-refractivity contribution is -0.0552. The molecule has 4 nitrogen and oxygen atoms in total. The quantitative estimate of drug-likeness (QED) is 0.941. The molecule has 2 heterocycles. The molecule has 112 valence electrons. The average Bonchev–Trinajstić information content (AvgIpc) is 2.48. The minimum Gasteiger partial charge on any atom is -0.378 e. The number of nitrogens with one attached hydrogen (secondary N) is 1. The summed E-state index contributed by atoms with van der Waals surface area (Å²) in [5.74, 6) is 0.969. The van der Waals surface area contributed by atoms with Gasteiger partial charge in [-0.25, -0.2) is 4.98 Å². The van der Waals surface area contributed by atoms with E-state index in [9.17, 15) is 0 Å². The van der Waals surface area contributed by atoms with E-state index in [1.807, 2.05) is 13.1 Å². The van der Waals surface area contributed by atoms with Crippen LogP contribution in [-0.2, 0) is 11.3 Å². The maximum absolute atomic E-state index is 5.61. The molecule has 1 N–H and O–H groups in total. The van der Waals surface area contributed by atoms with Crippen LogP contribution in [0.4, 0.5) is 5.82 Å². The van der Waals surface area contributed by atoms with Crippen LogP contribution >= 0.6 is 0 Å². The summed E-state index contributed by atoms with van der Waals surface area (Å²) in [4.78, 5) is 7.21. The third-order valence-corrected chi connectivity index (χ3v) is 4.22. The van der Waals surface area contributed by atoms with E-state index >= 15 is 0 Å². The molecule has 1 aromatic carbocycles. The van der Waals surface area contributed by atoms with Gasteiger partial charge in [0.1, 0.15) is 5.82 Å². The summed E-state index contributed by atoms with van der Waals surface area (Å²) in [6, 6.07) is 10.5. The van der Waals surface area contributed by atoms with Crippen LogP contribution in [0.15, 0.2) is 30.3 Å². The summed E-state index contributed by atoms with van der Waals surface area (Å²) in [5.41, 5.74) is 2.34. The summed E-state index contributed by atoms with van der Waals surface area (Å²) in [5, 5.41) is 4.43. The van der Waals surface area contributed by atoms with Gasteiger partial charge in [0.2, 0.25) is 0 Å². The molecular formula is C17H23N3O. The number of hydrogen-bond donors (Lipinski definition) is 1. The van der Waals surface area contributed by atoms with Crippen LogP contribution in [0.5, 0.6) is 0 Å². The van der Waals surface area contributed by atoms with Crippen molar-refractivity contribution in [2.45, 2.75) is 25.9 Å². The van der Waals surface area contributed by atoms with E-state index in [1.54, 1.807) is 0 Å². The molecule has 0 spiro atoms. The Kier molecular flexibility index (Phi) is 3.83. The average molecular weight is 285 g/mol. The van der Waals surface area contributed by atoms with Crippen molar-refractivity contribution in [3.63, 3.8) is 0 Å². The van der Waals surface area contributed by atoms with Crippen molar-refractivity contribution in [3.8, 4) is 0 Å². The fraction of sp³-hybridized carbons (Fsp3) is 0.471. The highest BCUT2D eigenvalue weighted by Gasteiger charge is 2.30. The molecule has 0 amide bonds. The maximum atomic E-state index is 5.61. The van der Waals surface area contributed by atoms with Crippen molar-refractivity contribution in [1.29, 1.82) is 0 Å². The van der Waals surface area contributed by atoms with Crippen LogP contribution in [0.2, 0.25) is 0 Å². The van der Waals surface area contributed by atoms with Gasteiger partial charge in [-0.05, 0) is 26.0 Å². The van der Waals surface area contributed by atoms with E-state index in [0.717, 1.165) is 37.6 Å². The number of para-hydroxylation sites is 1. The van der Waals surface area contributed by atoms with Crippen molar-refractivity contribution in [2.24, 2.45) is 0 Å². The zero-order valence-electron chi connectivity index (χ0n) is 13.0. The van der Waals surface area contributed by atoms with Crippen molar-refractivity contribution in [1.82, 2.24) is 9.88 Å². The number of ether oxygens (including phenoxy) is 1. The first-order valence-corrected chi connectivity index (χ1v) is 7.49. The predicted octanol–water partition coefficient (Wildman–Crippen LogP) is 2.89. The minimum atomic E-state index is 0.0644. The molecule has 0 aliphatic carbocycles. The summed E-state index contributed by atoms with van der Waals surface area (Å²) >= 11 is 0. The van der Waals surface area contributed by atoms with Gasteiger partial charge in [-0.15, -0.1) is 0 Å². The topological polar surface area (TPSA) is 37.4 Å². The number of pyridine rings is 1. The number of anilines is 1. The Morgan fingerprint density at radius 1 is 1.33 bits per heavy atom.